The molecule has 0 fully saturated rings. The number of hydrogen-bond acceptors (Lipinski definition) is 3. The lowest BCUT2D eigenvalue weighted by Crippen LogP contribution is -2.35. The molecule has 0 saturated carbocycles. The summed E-state index contributed by atoms with van der Waals surface area (Å²) in [6, 6.07) is 12.9. The third kappa shape index (κ3) is 4.69. The van der Waals surface area contributed by atoms with Crippen LogP contribution in [0.15, 0.2) is 42.5 Å². The number of aryl methyl sites for hydroxylation is 2. The highest BCUT2D eigenvalue weighted by Crippen LogP contribution is 2.31. The smallest absolute Gasteiger partial charge is 0.236 e. The van der Waals surface area contributed by atoms with Gasteiger partial charge >= 0.3 is 0 Å². The van der Waals surface area contributed by atoms with Gasteiger partial charge < -0.3 is 4.90 Å². The molecule has 27 heavy (non-hydrogen) atoms. The number of benzene rings is 2. The average molecular weight is 387 g/mol. The van der Waals surface area contributed by atoms with Crippen LogP contribution in [-0.4, -0.2) is 20.9 Å². The summed E-state index contributed by atoms with van der Waals surface area (Å²) in [5, 5.41) is 0. The lowest BCUT2D eigenvalue weighted by Gasteiger charge is -2.30. The van der Waals surface area contributed by atoms with Crippen molar-refractivity contribution in [1.82, 2.24) is 0 Å². The van der Waals surface area contributed by atoms with Gasteiger partial charge in [-0.3, -0.25) is 9.52 Å². The van der Waals surface area contributed by atoms with Crippen LogP contribution < -0.4 is 9.62 Å². The van der Waals surface area contributed by atoms with E-state index in [1.165, 1.54) is 0 Å². The molecule has 1 heterocycles. The van der Waals surface area contributed by atoms with Crippen LogP contribution in [0.5, 0.6) is 0 Å². The van der Waals surface area contributed by atoms with E-state index in [1.807, 2.05) is 48.2 Å². The zero-order valence-electron chi connectivity index (χ0n) is 15.9. The third-order valence-electron chi connectivity index (χ3n) is 4.89. The Morgan fingerprint density at radius 2 is 1.89 bits per heavy atom. The molecule has 1 amide bonds. The SMILES string of the molecule is CCCCN1C(=O)CCc2cc(NS(=O)(=O)Cc3ccccc3C)ccc21. The molecule has 0 atom stereocenters. The molecule has 2 aromatic rings. The highest BCUT2D eigenvalue weighted by Gasteiger charge is 2.24. The lowest BCUT2D eigenvalue weighted by atomic mass is 10.00. The highest BCUT2D eigenvalue weighted by molar-refractivity contribution is 7.91. The normalized spacial score (nSPS) is 14.1. The van der Waals surface area contributed by atoms with E-state index in [0.29, 0.717) is 25.1 Å². The minimum absolute atomic E-state index is 0.0577. The zero-order chi connectivity index (χ0) is 19.4. The maximum atomic E-state index is 12.6. The Labute approximate surface area is 161 Å². The summed E-state index contributed by atoms with van der Waals surface area (Å²) in [5.74, 6) is 0.0848. The highest BCUT2D eigenvalue weighted by atomic mass is 32.2. The summed E-state index contributed by atoms with van der Waals surface area (Å²) in [7, 11) is -3.51. The molecule has 1 N–H and O–H groups in total. The summed E-state index contributed by atoms with van der Waals surface area (Å²) >= 11 is 0. The first-order valence-corrected chi connectivity index (χ1v) is 11.0. The van der Waals surface area contributed by atoms with E-state index in [-0.39, 0.29) is 11.7 Å². The minimum atomic E-state index is -3.51. The number of fused-ring (bicyclic) bond motifs is 1. The first-order chi connectivity index (χ1) is 12.9. The summed E-state index contributed by atoms with van der Waals surface area (Å²) < 4.78 is 27.8. The van der Waals surface area contributed by atoms with Crippen LogP contribution in [0.3, 0.4) is 0 Å². The number of nitrogens with one attached hydrogen (secondary N) is 1. The van der Waals surface area contributed by atoms with Crippen molar-refractivity contribution >= 4 is 27.3 Å². The molecule has 0 spiro atoms. The largest absolute Gasteiger partial charge is 0.312 e. The molecular weight excluding hydrogens is 360 g/mol. The molecule has 0 radical (unpaired) electrons. The van der Waals surface area contributed by atoms with Gasteiger partial charge in [-0.25, -0.2) is 8.42 Å². The van der Waals surface area contributed by atoms with E-state index in [9.17, 15) is 13.2 Å². The molecule has 0 aliphatic carbocycles. The molecule has 1 aliphatic heterocycles. The molecule has 3 rings (SSSR count). The van der Waals surface area contributed by atoms with Gasteiger partial charge in [0.1, 0.15) is 0 Å². The zero-order valence-corrected chi connectivity index (χ0v) is 16.7. The second-order valence-electron chi connectivity index (χ2n) is 7.03. The number of amides is 1. The number of unbranched alkanes of at least 4 members (excludes halogenated alkanes) is 1. The van der Waals surface area contributed by atoms with E-state index in [0.717, 1.165) is 35.2 Å². The van der Waals surface area contributed by atoms with E-state index in [4.69, 9.17) is 0 Å². The van der Waals surface area contributed by atoms with Crippen molar-refractivity contribution in [2.24, 2.45) is 0 Å². The van der Waals surface area contributed by atoms with Crippen molar-refractivity contribution < 1.29 is 13.2 Å². The molecule has 1 aliphatic rings. The number of anilines is 2. The maximum Gasteiger partial charge on any atom is 0.236 e. The second kappa shape index (κ2) is 8.13. The number of carbonyl (C=O) groups is 1. The average Bonchev–Trinajstić information content (AvgIpc) is 2.62. The van der Waals surface area contributed by atoms with Gasteiger partial charge in [0.05, 0.1) is 5.75 Å². The molecule has 0 aromatic heterocycles. The van der Waals surface area contributed by atoms with Crippen LogP contribution in [-0.2, 0) is 27.0 Å². The van der Waals surface area contributed by atoms with Gasteiger partial charge in [-0.1, -0.05) is 37.6 Å². The molecule has 5 nitrogen and oxygen atoms in total. The van der Waals surface area contributed by atoms with Crippen LogP contribution in [0.25, 0.3) is 0 Å². The van der Waals surface area contributed by atoms with Crippen LogP contribution >= 0.6 is 0 Å². The van der Waals surface area contributed by atoms with Crippen molar-refractivity contribution in [2.45, 2.75) is 45.3 Å². The van der Waals surface area contributed by atoms with E-state index in [1.54, 1.807) is 6.07 Å². The first kappa shape index (κ1) is 19.4. The van der Waals surface area contributed by atoms with Crippen LogP contribution in [0.4, 0.5) is 11.4 Å². The van der Waals surface area contributed by atoms with Gasteiger partial charge in [0.2, 0.25) is 15.9 Å². The van der Waals surface area contributed by atoms with Crippen LogP contribution in [0.1, 0.15) is 42.9 Å². The molecule has 0 bridgehead atoms. The van der Waals surface area contributed by atoms with Gasteiger partial charge in [-0.05, 0) is 54.7 Å². The van der Waals surface area contributed by atoms with Crippen LogP contribution in [0, 0.1) is 6.92 Å². The number of sulfonamides is 1. The van der Waals surface area contributed by atoms with E-state index in [2.05, 4.69) is 11.6 Å². The number of hydrogen-bond donors (Lipinski definition) is 1. The van der Waals surface area contributed by atoms with Crippen LogP contribution in [0.2, 0.25) is 0 Å². The summed E-state index contributed by atoms with van der Waals surface area (Å²) in [6.45, 7) is 4.72. The maximum absolute atomic E-state index is 12.6. The van der Waals surface area contributed by atoms with Crippen molar-refractivity contribution in [2.75, 3.05) is 16.2 Å². The summed E-state index contributed by atoms with van der Waals surface area (Å²) in [4.78, 5) is 14.1. The molecule has 0 saturated heterocycles. The van der Waals surface area contributed by atoms with Gasteiger partial charge in [-0.15, -0.1) is 0 Å². The van der Waals surface area contributed by atoms with Crippen molar-refractivity contribution in [3.8, 4) is 0 Å². The standard InChI is InChI=1S/C21H26N2O3S/c1-3-4-13-23-20-11-10-19(14-17(20)9-12-21(23)24)22-27(25,26)15-18-8-6-5-7-16(18)2/h5-8,10-11,14,22H,3-4,9,12-13,15H2,1-2H3. The lowest BCUT2D eigenvalue weighted by molar-refractivity contribution is -0.118. The Morgan fingerprint density at radius 3 is 2.63 bits per heavy atom. The fraction of sp³-hybridized carbons (Fsp3) is 0.381. The summed E-state index contributed by atoms with van der Waals surface area (Å²) in [5.41, 5.74) is 4.22. The fourth-order valence-electron chi connectivity index (χ4n) is 3.38. The predicted octanol–water partition coefficient (Wildman–Crippen LogP) is 4.02. The minimum Gasteiger partial charge on any atom is -0.312 e. The Balaban J connectivity index is 1.79. The van der Waals surface area contributed by atoms with Crippen molar-refractivity contribution in [3.05, 3.63) is 59.2 Å². The van der Waals surface area contributed by atoms with E-state index < -0.39 is 10.0 Å². The summed E-state index contributed by atoms with van der Waals surface area (Å²) in [6.07, 6.45) is 3.09. The fourth-order valence-corrected chi connectivity index (χ4v) is 4.67. The Bertz CT molecular complexity index is 938. The molecular formula is C21H26N2O3S. The first-order valence-electron chi connectivity index (χ1n) is 9.38. The molecule has 6 heteroatoms. The topological polar surface area (TPSA) is 66.5 Å². The number of rotatable bonds is 7. The molecule has 2 aromatic carbocycles. The number of nitrogens with zero attached hydrogens (tertiary/aromatic N) is 1. The van der Waals surface area contributed by atoms with Crippen molar-refractivity contribution in [1.29, 1.82) is 0 Å². The predicted molar refractivity (Wildman–Crippen MR) is 109 cm³/mol. The van der Waals surface area contributed by atoms with Gasteiger partial charge in [0, 0.05) is 24.3 Å². The number of carbonyl (C=O) groups excluding carboxylic acids is 1. The second-order valence-corrected chi connectivity index (χ2v) is 8.75. The third-order valence-corrected chi connectivity index (χ3v) is 6.13. The van der Waals surface area contributed by atoms with Gasteiger partial charge in [0.25, 0.3) is 0 Å². The van der Waals surface area contributed by atoms with Crippen molar-refractivity contribution in [3.63, 3.8) is 0 Å². The van der Waals surface area contributed by atoms with E-state index >= 15 is 0 Å². The molecule has 144 valence electrons. The Morgan fingerprint density at radius 1 is 1.11 bits per heavy atom. The van der Waals surface area contributed by atoms with Gasteiger partial charge in [-0.2, -0.15) is 0 Å². The monoisotopic (exact) mass is 386 g/mol. The Kier molecular flexibility index (Phi) is 5.85. The molecule has 0 unspecified atom stereocenters. The quantitative estimate of drug-likeness (QED) is 0.782. The Hall–Kier alpha value is -2.34. The van der Waals surface area contributed by atoms with Gasteiger partial charge in [0.15, 0.2) is 0 Å².